The van der Waals surface area contributed by atoms with Crippen LogP contribution in [0.4, 0.5) is 0 Å². The lowest BCUT2D eigenvalue weighted by molar-refractivity contribution is -0.408. The summed E-state index contributed by atoms with van der Waals surface area (Å²) in [4.78, 5) is 6.50. The van der Waals surface area contributed by atoms with Crippen LogP contribution in [-0.4, -0.2) is 32.3 Å². The monoisotopic (exact) mass is 268 g/mol. The van der Waals surface area contributed by atoms with Crippen LogP contribution in [-0.2, 0) is 4.94 Å². The smallest absolute Gasteiger partial charge is 0.0432 e. The van der Waals surface area contributed by atoms with Crippen LogP contribution in [0.3, 0.4) is 0 Å². The van der Waals surface area contributed by atoms with Gasteiger partial charge in [0.2, 0.25) is 0 Å². The number of hydrogen-bond acceptors (Lipinski definition) is 3. The van der Waals surface area contributed by atoms with E-state index in [4.69, 9.17) is 4.94 Å². The topological polar surface area (TPSA) is 15.7 Å². The predicted octanol–water partition coefficient (Wildman–Crippen LogP) is 4.14. The first-order valence-electron chi connectivity index (χ1n) is 7.67. The van der Waals surface area contributed by atoms with Crippen molar-refractivity contribution in [3.63, 3.8) is 0 Å². The number of hydrogen-bond donors (Lipinski definition) is 0. The molecule has 3 nitrogen and oxygen atoms in total. The zero-order valence-corrected chi connectivity index (χ0v) is 14.1. The van der Waals surface area contributed by atoms with Crippen molar-refractivity contribution in [3.05, 3.63) is 0 Å². The van der Waals surface area contributed by atoms with Gasteiger partial charge in [-0.2, -0.15) is 10.1 Å². The van der Waals surface area contributed by atoms with E-state index in [1.54, 1.807) is 0 Å². The Morgan fingerprint density at radius 1 is 0.526 bits per heavy atom. The normalized spacial score (nSPS) is 32.8. The first-order valence-corrected chi connectivity index (χ1v) is 7.67. The largest absolute Gasteiger partial charge is 0.206 e. The van der Waals surface area contributed by atoms with E-state index in [1.165, 1.54) is 25.7 Å². The third-order valence-electron chi connectivity index (χ3n) is 5.06. The van der Waals surface area contributed by atoms with Crippen LogP contribution in [0.5, 0.6) is 0 Å². The summed E-state index contributed by atoms with van der Waals surface area (Å²) in [5.41, 5.74) is 0.438. The quantitative estimate of drug-likeness (QED) is 0.748. The summed E-state index contributed by atoms with van der Waals surface area (Å²) >= 11 is 0. The molecule has 0 N–H and O–H groups in total. The lowest BCUT2D eigenvalue weighted by atomic mass is 10.0. The maximum absolute atomic E-state index is 6.50. The summed E-state index contributed by atoms with van der Waals surface area (Å²) in [7, 11) is 0. The highest BCUT2D eigenvalue weighted by atomic mass is 16.8. The Labute approximate surface area is 119 Å². The second kappa shape index (κ2) is 4.19. The second-order valence-corrected chi connectivity index (χ2v) is 8.92. The number of hydroxylamine groups is 4. The van der Waals surface area contributed by atoms with Gasteiger partial charge in [0.25, 0.3) is 0 Å². The highest BCUT2D eigenvalue weighted by molar-refractivity contribution is 4.99. The van der Waals surface area contributed by atoms with E-state index in [2.05, 4.69) is 65.5 Å². The van der Waals surface area contributed by atoms with E-state index in [9.17, 15) is 0 Å². The van der Waals surface area contributed by atoms with E-state index in [0.717, 1.165) is 0 Å². The van der Waals surface area contributed by atoms with Crippen LogP contribution in [0, 0.1) is 0 Å². The van der Waals surface area contributed by atoms with Gasteiger partial charge in [-0.3, -0.25) is 0 Å². The maximum Gasteiger partial charge on any atom is 0.0432 e. The van der Waals surface area contributed by atoms with Crippen LogP contribution < -0.4 is 0 Å². The zero-order chi connectivity index (χ0) is 14.7. The molecule has 0 saturated carbocycles. The SMILES string of the molecule is CC1(C)CCC(C)(C)N1ON1C(C)(C)CCC1(C)C. The fourth-order valence-corrected chi connectivity index (χ4v) is 3.79. The fraction of sp³-hybridized carbons (Fsp3) is 1.00. The average Bonchev–Trinajstić information content (AvgIpc) is 2.55. The summed E-state index contributed by atoms with van der Waals surface area (Å²) in [5.74, 6) is 0. The van der Waals surface area contributed by atoms with Crippen molar-refractivity contribution in [1.29, 1.82) is 0 Å². The van der Waals surface area contributed by atoms with Crippen LogP contribution >= 0.6 is 0 Å². The van der Waals surface area contributed by atoms with Gasteiger partial charge >= 0.3 is 0 Å². The third kappa shape index (κ3) is 2.57. The standard InChI is InChI=1S/C16H32N2O/c1-13(2)9-10-14(3,4)17(13)19-18-15(5,6)11-12-16(18,7)8/h9-12H2,1-8H3. The van der Waals surface area contributed by atoms with Crippen LogP contribution in [0.25, 0.3) is 0 Å². The zero-order valence-electron chi connectivity index (χ0n) is 14.1. The summed E-state index contributed by atoms with van der Waals surface area (Å²) in [6.45, 7) is 18.3. The molecule has 0 aromatic carbocycles. The molecule has 0 aromatic heterocycles. The van der Waals surface area contributed by atoms with Crippen molar-refractivity contribution in [2.45, 2.75) is 103 Å². The minimum Gasteiger partial charge on any atom is -0.206 e. The lowest BCUT2D eigenvalue weighted by Gasteiger charge is -2.47. The lowest BCUT2D eigenvalue weighted by Crippen LogP contribution is -2.58. The van der Waals surface area contributed by atoms with E-state index >= 15 is 0 Å². The fourth-order valence-electron chi connectivity index (χ4n) is 3.79. The highest BCUT2D eigenvalue weighted by Gasteiger charge is 2.52. The Hall–Kier alpha value is -0.120. The van der Waals surface area contributed by atoms with Crippen LogP contribution in [0.15, 0.2) is 0 Å². The van der Waals surface area contributed by atoms with Crippen molar-refractivity contribution in [2.24, 2.45) is 0 Å². The summed E-state index contributed by atoms with van der Waals surface area (Å²) in [5, 5.41) is 4.49. The molecule has 2 rings (SSSR count). The van der Waals surface area contributed by atoms with Crippen LogP contribution in [0.2, 0.25) is 0 Å². The Bertz CT molecular complexity index is 292. The van der Waals surface area contributed by atoms with Gasteiger partial charge in [-0.1, -0.05) is 0 Å². The summed E-state index contributed by atoms with van der Waals surface area (Å²) in [6, 6.07) is 0. The van der Waals surface area contributed by atoms with Gasteiger partial charge in [-0.25, -0.2) is 4.94 Å². The summed E-state index contributed by atoms with van der Waals surface area (Å²) < 4.78 is 0. The molecule has 0 unspecified atom stereocenters. The minimum absolute atomic E-state index is 0.109. The van der Waals surface area contributed by atoms with Crippen molar-refractivity contribution in [1.82, 2.24) is 10.1 Å². The Balaban J connectivity index is 2.24. The summed E-state index contributed by atoms with van der Waals surface area (Å²) in [6.07, 6.45) is 4.76. The van der Waals surface area contributed by atoms with E-state index in [1.807, 2.05) is 0 Å². The van der Waals surface area contributed by atoms with Crippen LogP contribution in [0.1, 0.15) is 81.1 Å². The van der Waals surface area contributed by atoms with Gasteiger partial charge in [-0.15, -0.1) is 0 Å². The van der Waals surface area contributed by atoms with Gasteiger partial charge in [0.15, 0.2) is 0 Å². The molecule has 0 aliphatic carbocycles. The molecule has 0 radical (unpaired) electrons. The first kappa shape index (κ1) is 15.3. The molecule has 0 aromatic rings. The van der Waals surface area contributed by atoms with Crippen molar-refractivity contribution in [2.75, 3.05) is 0 Å². The number of nitrogens with zero attached hydrogens (tertiary/aromatic N) is 2. The molecule has 2 aliphatic rings. The maximum atomic E-state index is 6.50. The molecule has 0 bridgehead atoms. The minimum atomic E-state index is 0.109. The molecule has 2 saturated heterocycles. The third-order valence-corrected chi connectivity index (χ3v) is 5.06. The van der Waals surface area contributed by atoms with E-state index in [-0.39, 0.29) is 22.2 Å². The first-order chi connectivity index (χ1) is 8.39. The molecule has 0 atom stereocenters. The molecule has 2 aliphatic heterocycles. The molecular formula is C16H32N2O. The van der Waals surface area contributed by atoms with Crippen molar-refractivity contribution >= 4 is 0 Å². The second-order valence-electron chi connectivity index (χ2n) is 8.92. The Morgan fingerprint density at radius 2 is 0.737 bits per heavy atom. The Morgan fingerprint density at radius 3 is 0.947 bits per heavy atom. The van der Waals surface area contributed by atoms with Crippen molar-refractivity contribution in [3.8, 4) is 0 Å². The molecule has 19 heavy (non-hydrogen) atoms. The highest BCUT2D eigenvalue weighted by Crippen LogP contribution is 2.46. The molecule has 2 fully saturated rings. The number of rotatable bonds is 2. The molecule has 2 heterocycles. The Kier molecular flexibility index (Phi) is 3.37. The molecule has 3 heteroatoms. The molecule has 0 spiro atoms. The van der Waals surface area contributed by atoms with E-state index < -0.39 is 0 Å². The molecular weight excluding hydrogens is 236 g/mol. The van der Waals surface area contributed by atoms with Crippen molar-refractivity contribution < 1.29 is 4.94 Å². The van der Waals surface area contributed by atoms with Gasteiger partial charge < -0.3 is 0 Å². The van der Waals surface area contributed by atoms with E-state index in [0.29, 0.717) is 0 Å². The molecule has 0 amide bonds. The average molecular weight is 268 g/mol. The van der Waals surface area contributed by atoms with Gasteiger partial charge in [0.1, 0.15) is 0 Å². The molecule has 112 valence electrons. The van der Waals surface area contributed by atoms with Gasteiger partial charge in [0, 0.05) is 22.2 Å². The van der Waals surface area contributed by atoms with Gasteiger partial charge in [0.05, 0.1) is 0 Å². The predicted molar refractivity (Wildman–Crippen MR) is 79.5 cm³/mol. The van der Waals surface area contributed by atoms with Gasteiger partial charge in [-0.05, 0) is 81.1 Å².